The predicted octanol–water partition coefficient (Wildman–Crippen LogP) is 1.08. The highest BCUT2D eigenvalue weighted by atomic mass is 16.2. The largest absolute Gasteiger partial charge is 0.354 e. The predicted molar refractivity (Wildman–Crippen MR) is 92.9 cm³/mol. The molecule has 2 aromatic rings. The minimum Gasteiger partial charge on any atom is -0.354 e. The van der Waals surface area contributed by atoms with Crippen LogP contribution in [0.2, 0.25) is 0 Å². The first-order chi connectivity index (χ1) is 12.1. The second-order valence-electron chi connectivity index (χ2n) is 6.40. The van der Waals surface area contributed by atoms with Gasteiger partial charge in [-0.1, -0.05) is 6.92 Å². The molecule has 1 N–H and O–H groups in total. The van der Waals surface area contributed by atoms with E-state index in [0.29, 0.717) is 26.1 Å². The molecular weight excluding hydrogens is 320 g/mol. The number of carbonyl (C=O) groups is 2. The Morgan fingerprint density at radius 2 is 2.12 bits per heavy atom. The van der Waals surface area contributed by atoms with Crippen molar-refractivity contribution in [3.05, 3.63) is 18.1 Å². The fraction of sp³-hybridized carbons (Fsp3) is 0.588. The van der Waals surface area contributed by atoms with E-state index in [4.69, 9.17) is 5.10 Å². The van der Waals surface area contributed by atoms with E-state index < -0.39 is 0 Å². The molecule has 0 aliphatic carbocycles. The number of nitrogens with zero attached hydrogens (tertiary/aromatic N) is 5. The molecule has 8 heteroatoms. The molecule has 134 valence electrons. The van der Waals surface area contributed by atoms with Crippen LogP contribution in [-0.2, 0) is 16.1 Å². The molecule has 0 aromatic carbocycles. The number of carbonyl (C=O) groups excluding carboxylic acids is 2. The number of rotatable bonds is 6. The number of hydrogen-bond acceptors (Lipinski definition) is 5. The molecule has 0 saturated carbocycles. The van der Waals surface area contributed by atoms with Crippen LogP contribution in [0.5, 0.6) is 0 Å². The van der Waals surface area contributed by atoms with E-state index in [1.165, 1.54) is 6.92 Å². The maximum Gasteiger partial charge on any atom is 0.222 e. The molecule has 1 atom stereocenters. The Morgan fingerprint density at radius 1 is 1.32 bits per heavy atom. The van der Waals surface area contributed by atoms with Crippen molar-refractivity contribution in [2.24, 2.45) is 0 Å². The zero-order chi connectivity index (χ0) is 17.8. The molecule has 2 amide bonds. The van der Waals surface area contributed by atoms with Gasteiger partial charge in [-0.25, -0.2) is 14.6 Å². The molecule has 1 fully saturated rings. The quantitative estimate of drug-likeness (QED) is 0.846. The van der Waals surface area contributed by atoms with Gasteiger partial charge in [-0.3, -0.25) is 9.59 Å². The summed E-state index contributed by atoms with van der Waals surface area (Å²) in [7, 11) is 0. The van der Waals surface area contributed by atoms with Crippen LogP contribution in [0.4, 0.5) is 0 Å². The van der Waals surface area contributed by atoms with Crippen molar-refractivity contribution >= 4 is 23.0 Å². The lowest BCUT2D eigenvalue weighted by molar-refractivity contribution is -0.130. The van der Waals surface area contributed by atoms with E-state index in [1.54, 1.807) is 17.1 Å². The first-order valence-corrected chi connectivity index (χ1v) is 8.79. The third-order valence-corrected chi connectivity index (χ3v) is 4.48. The first-order valence-electron chi connectivity index (χ1n) is 8.79. The zero-order valence-corrected chi connectivity index (χ0v) is 14.7. The molecule has 3 rings (SSSR count). The number of likely N-dealkylation sites (tertiary alicyclic amines) is 1. The van der Waals surface area contributed by atoms with Gasteiger partial charge in [0.2, 0.25) is 11.8 Å². The van der Waals surface area contributed by atoms with Gasteiger partial charge in [0.1, 0.15) is 5.52 Å². The van der Waals surface area contributed by atoms with E-state index in [-0.39, 0.29) is 17.7 Å². The summed E-state index contributed by atoms with van der Waals surface area (Å²) >= 11 is 0. The summed E-state index contributed by atoms with van der Waals surface area (Å²) in [6.07, 6.45) is 5.67. The van der Waals surface area contributed by atoms with Crippen LogP contribution in [-0.4, -0.2) is 56.1 Å². The SMILES string of the molecule is CCCC(=O)N1CCC(c2nn(CCNC(C)=O)c3nccnc23)C1. The Hall–Kier alpha value is -2.51. The van der Waals surface area contributed by atoms with E-state index in [0.717, 1.165) is 36.2 Å². The second kappa shape index (κ2) is 7.58. The van der Waals surface area contributed by atoms with Crippen molar-refractivity contribution < 1.29 is 9.59 Å². The smallest absolute Gasteiger partial charge is 0.222 e. The second-order valence-corrected chi connectivity index (χ2v) is 6.40. The van der Waals surface area contributed by atoms with Gasteiger partial charge in [-0.2, -0.15) is 5.10 Å². The van der Waals surface area contributed by atoms with Crippen LogP contribution < -0.4 is 5.32 Å². The summed E-state index contributed by atoms with van der Waals surface area (Å²) in [5.74, 6) is 0.330. The zero-order valence-electron chi connectivity index (χ0n) is 14.7. The Balaban J connectivity index is 1.80. The van der Waals surface area contributed by atoms with Crippen molar-refractivity contribution in [3.63, 3.8) is 0 Å². The highest BCUT2D eigenvalue weighted by Gasteiger charge is 2.30. The monoisotopic (exact) mass is 344 g/mol. The fourth-order valence-corrected chi connectivity index (χ4v) is 3.28. The van der Waals surface area contributed by atoms with E-state index >= 15 is 0 Å². The van der Waals surface area contributed by atoms with E-state index in [9.17, 15) is 9.59 Å². The van der Waals surface area contributed by atoms with Crippen LogP contribution in [0, 0.1) is 0 Å². The summed E-state index contributed by atoms with van der Waals surface area (Å²) in [6, 6.07) is 0. The lowest BCUT2D eigenvalue weighted by Crippen LogP contribution is -2.28. The minimum atomic E-state index is -0.0661. The van der Waals surface area contributed by atoms with Gasteiger partial charge in [-0.05, 0) is 12.8 Å². The molecule has 2 aromatic heterocycles. The highest BCUT2D eigenvalue weighted by Crippen LogP contribution is 2.30. The molecule has 8 nitrogen and oxygen atoms in total. The Morgan fingerprint density at radius 3 is 2.88 bits per heavy atom. The van der Waals surface area contributed by atoms with Crippen LogP contribution in [0.25, 0.3) is 11.2 Å². The summed E-state index contributed by atoms with van der Waals surface area (Å²) in [4.78, 5) is 34.0. The van der Waals surface area contributed by atoms with Gasteiger partial charge >= 0.3 is 0 Å². The molecule has 25 heavy (non-hydrogen) atoms. The maximum atomic E-state index is 12.1. The van der Waals surface area contributed by atoms with E-state index in [2.05, 4.69) is 15.3 Å². The normalized spacial score (nSPS) is 17.2. The van der Waals surface area contributed by atoms with Gasteiger partial charge in [0, 0.05) is 51.3 Å². The number of hydrogen-bond donors (Lipinski definition) is 1. The number of aromatic nitrogens is 4. The highest BCUT2D eigenvalue weighted by molar-refractivity contribution is 5.77. The first kappa shape index (κ1) is 17.3. The Labute approximate surface area is 146 Å². The molecule has 1 saturated heterocycles. The Bertz CT molecular complexity index is 772. The lowest BCUT2D eigenvalue weighted by Gasteiger charge is -2.15. The number of nitrogens with one attached hydrogen (secondary N) is 1. The summed E-state index contributed by atoms with van der Waals surface area (Å²) < 4.78 is 1.80. The third kappa shape index (κ3) is 3.78. The molecule has 0 spiro atoms. The van der Waals surface area contributed by atoms with Crippen molar-refractivity contribution in [1.29, 1.82) is 0 Å². The van der Waals surface area contributed by atoms with Crippen LogP contribution in [0.1, 0.15) is 44.7 Å². The van der Waals surface area contributed by atoms with Gasteiger partial charge in [-0.15, -0.1) is 0 Å². The molecular formula is C17H24N6O2. The average Bonchev–Trinajstić information content (AvgIpc) is 3.20. The number of amides is 2. The topological polar surface area (TPSA) is 93.0 Å². The standard InChI is InChI=1S/C17H24N6O2/c1-3-4-14(25)22-9-5-13(11-22)15-16-17(20-7-6-19-16)23(21-15)10-8-18-12(2)24/h6-7,13H,3-5,8-11H2,1-2H3,(H,18,24). The summed E-state index contributed by atoms with van der Waals surface area (Å²) in [6.45, 7) is 6.00. The van der Waals surface area contributed by atoms with E-state index in [1.807, 2.05) is 11.8 Å². The van der Waals surface area contributed by atoms with Crippen LogP contribution >= 0.6 is 0 Å². The van der Waals surface area contributed by atoms with Crippen molar-refractivity contribution in [1.82, 2.24) is 30.0 Å². The minimum absolute atomic E-state index is 0.0661. The molecule has 0 bridgehead atoms. The van der Waals surface area contributed by atoms with Gasteiger partial charge in [0.05, 0.1) is 12.2 Å². The van der Waals surface area contributed by atoms with Crippen LogP contribution in [0.3, 0.4) is 0 Å². The lowest BCUT2D eigenvalue weighted by atomic mass is 10.0. The molecule has 1 unspecified atom stereocenters. The van der Waals surface area contributed by atoms with Crippen LogP contribution in [0.15, 0.2) is 12.4 Å². The molecule has 0 radical (unpaired) electrons. The molecule has 1 aliphatic rings. The third-order valence-electron chi connectivity index (χ3n) is 4.48. The fourth-order valence-electron chi connectivity index (χ4n) is 3.28. The van der Waals surface area contributed by atoms with Gasteiger partial charge < -0.3 is 10.2 Å². The average molecular weight is 344 g/mol. The van der Waals surface area contributed by atoms with Crippen molar-refractivity contribution in [3.8, 4) is 0 Å². The van der Waals surface area contributed by atoms with Gasteiger partial charge in [0.25, 0.3) is 0 Å². The maximum absolute atomic E-state index is 12.1. The molecule has 3 heterocycles. The molecule has 1 aliphatic heterocycles. The Kier molecular flexibility index (Phi) is 5.25. The van der Waals surface area contributed by atoms with Gasteiger partial charge in [0.15, 0.2) is 5.65 Å². The summed E-state index contributed by atoms with van der Waals surface area (Å²) in [5, 5.41) is 7.48. The van der Waals surface area contributed by atoms with Crippen molar-refractivity contribution in [2.45, 2.75) is 45.6 Å². The van der Waals surface area contributed by atoms with Crippen molar-refractivity contribution in [2.75, 3.05) is 19.6 Å². The summed E-state index contributed by atoms with van der Waals surface area (Å²) in [5.41, 5.74) is 2.42. The number of fused-ring (bicyclic) bond motifs is 1.